The lowest BCUT2D eigenvalue weighted by Crippen LogP contribution is -2.51. The minimum atomic E-state index is -0.992. The van der Waals surface area contributed by atoms with Crippen LogP contribution in [-0.4, -0.2) is 39.7 Å². The molecule has 2 amide bonds. The summed E-state index contributed by atoms with van der Waals surface area (Å²) in [6, 6.07) is 9.22. The number of pyridine rings is 1. The van der Waals surface area contributed by atoms with Crippen LogP contribution in [0.4, 0.5) is 0 Å². The molecule has 0 spiro atoms. The van der Waals surface area contributed by atoms with Crippen LogP contribution < -0.4 is 0 Å². The lowest BCUT2D eigenvalue weighted by molar-refractivity contribution is 0.0377. The summed E-state index contributed by atoms with van der Waals surface area (Å²) in [6.45, 7) is 0.962. The summed E-state index contributed by atoms with van der Waals surface area (Å²) in [7, 11) is 0. The Hall–Kier alpha value is -2.70. The van der Waals surface area contributed by atoms with E-state index in [-0.39, 0.29) is 11.8 Å². The summed E-state index contributed by atoms with van der Waals surface area (Å²) >= 11 is 7.72. The lowest BCUT2D eigenvalue weighted by Gasteiger charge is -2.40. The average Bonchev–Trinajstić information content (AvgIpc) is 3.47. The van der Waals surface area contributed by atoms with Gasteiger partial charge in [0.15, 0.2) is 5.66 Å². The van der Waals surface area contributed by atoms with Gasteiger partial charge in [0.25, 0.3) is 11.8 Å². The fourth-order valence-corrected chi connectivity index (χ4v) is 6.66. The highest BCUT2D eigenvalue weighted by Gasteiger charge is 2.60. The van der Waals surface area contributed by atoms with Crippen LogP contribution in [-0.2, 0) is 18.5 Å². The van der Waals surface area contributed by atoms with Gasteiger partial charge in [-0.3, -0.25) is 14.6 Å². The molecule has 0 saturated carbocycles. The maximum atomic E-state index is 14.0. The fraction of sp³-hybridized carbons (Fsp3) is 0.292. The molecule has 3 aliphatic rings. The van der Waals surface area contributed by atoms with Gasteiger partial charge in [-0.1, -0.05) is 23.7 Å². The monoisotopic (exact) mass is 449 g/mol. The van der Waals surface area contributed by atoms with E-state index in [0.29, 0.717) is 23.7 Å². The number of hydrogen-bond donors (Lipinski definition) is 0. The number of thiophene rings is 1. The van der Waals surface area contributed by atoms with Gasteiger partial charge in [-0.25, -0.2) is 0 Å². The predicted octanol–water partition coefficient (Wildman–Crippen LogP) is 4.49. The highest BCUT2D eigenvalue weighted by molar-refractivity contribution is 7.12. The number of aromatic nitrogens is 1. The van der Waals surface area contributed by atoms with Crippen molar-refractivity contribution in [2.24, 2.45) is 0 Å². The molecule has 0 radical (unpaired) electrons. The topological polar surface area (TPSA) is 53.5 Å². The molecule has 6 rings (SSSR count). The van der Waals surface area contributed by atoms with E-state index in [1.165, 1.54) is 17.5 Å². The highest BCUT2D eigenvalue weighted by atomic mass is 35.5. The number of carbonyl (C=O) groups excluding carboxylic acids is 2. The van der Waals surface area contributed by atoms with E-state index in [1.54, 1.807) is 29.8 Å². The van der Waals surface area contributed by atoms with Gasteiger partial charge in [0.2, 0.25) is 0 Å². The number of hydrogen-bond acceptors (Lipinski definition) is 4. The van der Waals surface area contributed by atoms with Crippen molar-refractivity contribution < 1.29 is 9.59 Å². The van der Waals surface area contributed by atoms with Crippen molar-refractivity contribution in [2.45, 2.75) is 31.3 Å². The van der Waals surface area contributed by atoms with Gasteiger partial charge < -0.3 is 9.80 Å². The Morgan fingerprint density at radius 3 is 2.74 bits per heavy atom. The number of amides is 2. The fourth-order valence-electron chi connectivity index (χ4n) is 5.43. The molecular formula is C24H20ClN3O2S. The Kier molecular flexibility index (Phi) is 4.24. The second-order valence-electron chi connectivity index (χ2n) is 8.29. The lowest BCUT2D eigenvalue weighted by atomic mass is 9.90. The van der Waals surface area contributed by atoms with Crippen LogP contribution in [0.1, 0.15) is 55.1 Å². The smallest absolute Gasteiger partial charge is 0.266 e. The Balaban J connectivity index is 1.56. The maximum Gasteiger partial charge on any atom is 0.266 e. The Labute approximate surface area is 189 Å². The predicted molar refractivity (Wildman–Crippen MR) is 120 cm³/mol. The first-order chi connectivity index (χ1) is 15.1. The van der Waals surface area contributed by atoms with Crippen molar-refractivity contribution >= 4 is 34.8 Å². The largest absolute Gasteiger partial charge is 0.306 e. The van der Waals surface area contributed by atoms with Gasteiger partial charge in [-0.2, -0.15) is 0 Å². The third-order valence-electron chi connectivity index (χ3n) is 6.79. The quantitative estimate of drug-likeness (QED) is 0.579. The number of rotatable bonds is 2. The minimum Gasteiger partial charge on any atom is -0.306 e. The van der Waals surface area contributed by atoms with Crippen LogP contribution in [0.5, 0.6) is 0 Å². The molecule has 2 aromatic heterocycles. The molecule has 0 bridgehead atoms. The van der Waals surface area contributed by atoms with Crippen molar-refractivity contribution in [3.05, 3.63) is 85.8 Å². The molecule has 7 heteroatoms. The van der Waals surface area contributed by atoms with Gasteiger partial charge in [-0.05, 0) is 60.4 Å². The minimum absolute atomic E-state index is 0.00453. The number of halogens is 1. The third-order valence-corrected chi connectivity index (χ3v) is 8.10. The normalized spacial score (nSPS) is 21.8. The van der Waals surface area contributed by atoms with Crippen LogP contribution in [0, 0.1) is 0 Å². The SMILES string of the molecule is O=C1c2ccncc2C2(c3ccc(Cl)cc3)N1CCN2C(=O)c1scc2c1CCCC2. The first-order valence-electron chi connectivity index (χ1n) is 10.6. The molecule has 2 aliphatic heterocycles. The van der Waals surface area contributed by atoms with E-state index < -0.39 is 5.66 Å². The van der Waals surface area contributed by atoms with E-state index in [4.69, 9.17) is 11.6 Å². The maximum absolute atomic E-state index is 14.0. The molecule has 0 N–H and O–H groups in total. The molecule has 3 aromatic rings. The first-order valence-corrected chi connectivity index (χ1v) is 11.8. The molecule has 156 valence electrons. The van der Waals surface area contributed by atoms with Gasteiger partial charge >= 0.3 is 0 Å². The summed E-state index contributed by atoms with van der Waals surface area (Å²) in [4.78, 5) is 36.2. The van der Waals surface area contributed by atoms with Crippen molar-refractivity contribution in [3.8, 4) is 0 Å². The Morgan fingerprint density at radius 1 is 1.10 bits per heavy atom. The van der Waals surface area contributed by atoms with Crippen LogP contribution in [0.15, 0.2) is 48.1 Å². The van der Waals surface area contributed by atoms with Crippen molar-refractivity contribution in [3.63, 3.8) is 0 Å². The molecule has 1 fully saturated rings. The van der Waals surface area contributed by atoms with Crippen molar-refractivity contribution in [1.82, 2.24) is 14.8 Å². The molecule has 1 atom stereocenters. The molecule has 1 aromatic carbocycles. The number of carbonyl (C=O) groups is 2. The van der Waals surface area contributed by atoms with E-state index in [0.717, 1.165) is 35.3 Å². The van der Waals surface area contributed by atoms with E-state index in [2.05, 4.69) is 10.4 Å². The highest BCUT2D eigenvalue weighted by Crippen LogP contribution is 2.50. The van der Waals surface area contributed by atoms with Gasteiger partial charge in [0.1, 0.15) is 0 Å². The van der Waals surface area contributed by atoms with Crippen LogP contribution in [0.3, 0.4) is 0 Å². The summed E-state index contributed by atoms with van der Waals surface area (Å²) < 4.78 is 0. The number of fused-ring (bicyclic) bond motifs is 4. The molecule has 1 unspecified atom stereocenters. The summed E-state index contributed by atoms with van der Waals surface area (Å²) in [6.07, 6.45) is 7.65. The zero-order chi connectivity index (χ0) is 21.2. The van der Waals surface area contributed by atoms with Crippen LogP contribution in [0.2, 0.25) is 5.02 Å². The second kappa shape index (κ2) is 6.90. The van der Waals surface area contributed by atoms with E-state index in [9.17, 15) is 9.59 Å². The van der Waals surface area contributed by atoms with Crippen molar-refractivity contribution in [1.29, 1.82) is 0 Å². The zero-order valence-corrected chi connectivity index (χ0v) is 18.4. The molecule has 31 heavy (non-hydrogen) atoms. The van der Waals surface area contributed by atoms with Gasteiger partial charge in [0, 0.05) is 41.6 Å². The molecule has 5 nitrogen and oxygen atoms in total. The number of aryl methyl sites for hydroxylation is 1. The summed E-state index contributed by atoms with van der Waals surface area (Å²) in [5, 5.41) is 2.76. The second-order valence-corrected chi connectivity index (χ2v) is 9.61. The molecule has 1 saturated heterocycles. The summed E-state index contributed by atoms with van der Waals surface area (Å²) in [5.74, 6) is -0.0639. The molecular weight excluding hydrogens is 430 g/mol. The standard InChI is InChI=1S/C24H20ClN3O2S/c25-17-7-5-16(6-8-17)24-20-13-26-10-9-19(20)22(29)27(24)11-12-28(24)23(30)21-18-4-2-1-3-15(18)14-31-21/h5-10,13-14H,1-4,11-12H2. The van der Waals surface area contributed by atoms with Crippen molar-refractivity contribution in [2.75, 3.05) is 13.1 Å². The van der Waals surface area contributed by atoms with Gasteiger partial charge in [-0.15, -0.1) is 11.3 Å². The first kappa shape index (κ1) is 19.0. The Morgan fingerprint density at radius 2 is 1.90 bits per heavy atom. The van der Waals surface area contributed by atoms with Gasteiger partial charge in [0.05, 0.1) is 10.4 Å². The number of benzene rings is 1. The number of nitrogens with zero attached hydrogens (tertiary/aromatic N) is 3. The van der Waals surface area contributed by atoms with Crippen LogP contribution in [0.25, 0.3) is 0 Å². The molecule has 1 aliphatic carbocycles. The average molecular weight is 450 g/mol. The van der Waals surface area contributed by atoms with E-state index >= 15 is 0 Å². The Bertz CT molecular complexity index is 1220. The summed E-state index contributed by atoms with van der Waals surface area (Å²) in [5.41, 5.74) is 3.73. The van der Waals surface area contributed by atoms with Crippen LogP contribution >= 0.6 is 22.9 Å². The molecule has 4 heterocycles. The zero-order valence-electron chi connectivity index (χ0n) is 16.8. The third kappa shape index (κ3) is 2.52. The van der Waals surface area contributed by atoms with E-state index in [1.807, 2.05) is 34.1 Å².